The second-order valence-electron chi connectivity index (χ2n) is 6.70. The quantitative estimate of drug-likeness (QED) is 0.652. The fraction of sp³-hybridized carbons (Fsp3) is 0.474. The van der Waals surface area contributed by atoms with Crippen LogP contribution < -0.4 is 14.8 Å². The smallest absolute Gasteiger partial charge is 0.360 e. The van der Waals surface area contributed by atoms with Crippen LogP contribution in [-0.4, -0.2) is 54.2 Å². The van der Waals surface area contributed by atoms with Gasteiger partial charge < -0.3 is 19.5 Å². The van der Waals surface area contributed by atoms with E-state index in [0.29, 0.717) is 21.5 Å². The number of esters is 1. The van der Waals surface area contributed by atoms with Crippen molar-refractivity contribution in [2.24, 2.45) is 0 Å². The molecule has 0 spiro atoms. The van der Waals surface area contributed by atoms with Crippen LogP contribution in [0.4, 0.5) is 0 Å². The normalized spacial score (nSPS) is 18.8. The van der Waals surface area contributed by atoms with Gasteiger partial charge in [-0.15, -0.1) is 5.10 Å². The minimum absolute atomic E-state index is 0.0992. The van der Waals surface area contributed by atoms with Gasteiger partial charge in [0, 0.05) is 5.56 Å². The average Bonchev–Trinajstić information content (AvgIpc) is 3.23. The van der Waals surface area contributed by atoms with Crippen LogP contribution in [0.25, 0.3) is 0 Å². The zero-order chi connectivity index (χ0) is 21.0. The van der Waals surface area contributed by atoms with Gasteiger partial charge in [0.25, 0.3) is 5.91 Å². The van der Waals surface area contributed by atoms with Crippen molar-refractivity contribution in [3.05, 3.63) is 34.1 Å². The summed E-state index contributed by atoms with van der Waals surface area (Å²) in [6.07, 6.45) is 5.18. The summed E-state index contributed by atoms with van der Waals surface area (Å²) >= 11 is 3.41. The van der Waals surface area contributed by atoms with Crippen LogP contribution in [0.1, 0.15) is 52.6 Å². The van der Waals surface area contributed by atoms with Crippen molar-refractivity contribution in [3.63, 3.8) is 0 Å². The molecule has 2 atom stereocenters. The molecule has 1 fully saturated rings. The molecule has 1 heterocycles. The van der Waals surface area contributed by atoms with Gasteiger partial charge in [0.1, 0.15) is 16.0 Å². The highest BCUT2D eigenvalue weighted by Crippen LogP contribution is 2.36. The number of halogens is 1. The van der Waals surface area contributed by atoms with Gasteiger partial charge >= 0.3 is 5.97 Å². The summed E-state index contributed by atoms with van der Waals surface area (Å²) in [5.74, 6) is 0.239. The van der Waals surface area contributed by atoms with E-state index < -0.39 is 5.97 Å². The number of nitrogens with zero attached hydrogens (tertiary/aromatic N) is 3. The van der Waals surface area contributed by atoms with Gasteiger partial charge in [-0.05, 0) is 40.9 Å². The third kappa shape index (κ3) is 4.52. The number of aromatic nitrogens is 3. The first-order valence-corrected chi connectivity index (χ1v) is 10.00. The molecule has 3 rings (SSSR count). The molecule has 29 heavy (non-hydrogen) atoms. The number of hydrogen-bond donors (Lipinski definition) is 1. The molecule has 0 bridgehead atoms. The van der Waals surface area contributed by atoms with E-state index in [1.807, 2.05) is 0 Å². The summed E-state index contributed by atoms with van der Waals surface area (Å²) in [7, 11) is 4.36. The number of nitrogens with one attached hydrogen (secondary N) is 1. The molecule has 1 aromatic heterocycles. The van der Waals surface area contributed by atoms with Crippen molar-refractivity contribution in [1.82, 2.24) is 20.3 Å². The number of carbonyl (C=O) groups excluding carboxylic acids is 2. The number of carbonyl (C=O) groups is 2. The molecule has 0 radical (unpaired) electrons. The summed E-state index contributed by atoms with van der Waals surface area (Å²) in [5.41, 5.74) is 0.575. The van der Waals surface area contributed by atoms with Crippen molar-refractivity contribution in [2.45, 2.75) is 37.8 Å². The maximum absolute atomic E-state index is 12.9. The molecule has 0 saturated heterocycles. The highest BCUT2D eigenvalue weighted by atomic mass is 79.9. The van der Waals surface area contributed by atoms with Crippen molar-refractivity contribution in [2.75, 3.05) is 21.3 Å². The van der Waals surface area contributed by atoms with Crippen LogP contribution in [0, 0.1) is 0 Å². The lowest BCUT2D eigenvalue weighted by atomic mass is 9.90. The van der Waals surface area contributed by atoms with Crippen LogP contribution in [0.5, 0.6) is 11.5 Å². The zero-order valence-corrected chi connectivity index (χ0v) is 18.1. The number of benzene rings is 1. The molecule has 1 aliphatic rings. The number of rotatable bonds is 6. The molecule has 0 aliphatic heterocycles. The number of hydrogen-bond acceptors (Lipinski definition) is 7. The minimum atomic E-state index is -0.540. The predicted octanol–water partition coefficient (Wildman–Crippen LogP) is 2.76. The van der Waals surface area contributed by atoms with Gasteiger partial charge in [0.15, 0.2) is 5.69 Å². The predicted molar refractivity (Wildman–Crippen MR) is 107 cm³/mol. The molecule has 1 amide bonds. The van der Waals surface area contributed by atoms with Crippen LogP contribution in [0.3, 0.4) is 0 Å². The second kappa shape index (κ2) is 9.25. The summed E-state index contributed by atoms with van der Waals surface area (Å²) in [6.45, 7) is 0. The van der Waals surface area contributed by atoms with E-state index in [-0.39, 0.29) is 23.7 Å². The Morgan fingerprint density at radius 1 is 1.14 bits per heavy atom. The third-order valence-electron chi connectivity index (χ3n) is 5.00. The first-order chi connectivity index (χ1) is 14.0. The molecule has 156 valence electrons. The molecular formula is C19H23BrN4O5. The first-order valence-electron chi connectivity index (χ1n) is 9.21. The average molecular weight is 467 g/mol. The van der Waals surface area contributed by atoms with Crippen LogP contribution in [0.15, 0.2) is 22.8 Å². The number of amides is 1. The lowest BCUT2D eigenvalue weighted by molar-refractivity contribution is 0.0593. The molecule has 2 aromatic rings. The lowest BCUT2D eigenvalue weighted by Gasteiger charge is -2.32. The van der Waals surface area contributed by atoms with E-state index >= 15 is 0 Å². The molecule has 1 N–H and O–H groups in total. The Kier molecular flexibility index (Phi) is 6.73. The molecule has 1 aromatic carbocycles. The van der Waals surface area contributed by atoms with Crippen molar-refractivity contribution in [1.29, 1.82) is 0 Å². The molecule has 1 saturated carbocycles. The van der Waals surface area contributed by atoms with Gasteiger partial charge in [-0.25, -0.2) is 9.48 Å². The Morgan fingerprint density at radius 3 is 2.41 bits per heavy atom. The molecule has 10 heteroatoms. The van der Waals surface area contributed by atoms with E-state index in [0.717, 1.165) is 25.7 Å². The van der Waals surface area contributed by atoms with Crippen molar-refractivity contribution in [3.8, 4) is 11.5 Å². The summed E-state index contributed by atoms with van der Waals surface area (Å²) in [6, 6.07) is 3.07. The standard InChI is InChI=1S/C19H23BrN4O5/c1-27-15-8-11(9-16(28-2)17(15)20)18(25)21-12-6-4-5-7-14(12)24-10-13(22-23-24)19(26)29-3/h8-10,12,14H,4-7H2,1-3H3,(H,21,25). The van der Waals surface area contributed by atoms with E-state index in [9.17, 15) is 9.59 Å². The van der Waals surface area contributed by atoms with E-state index in [1.54, 1.807) is 23.0 Å². The van der Waals surface area contributed by atoms with E-state index in [4.69, 9.17) is 9.47 Å². The zero-order valence-electron chi connectivity index (χ0n) is 16.5. The molecule has 9 nitrogen and oxygen atoms in total. The van der Waals surface area contributed by atoms with Gasteiger partial charge in [0.05, 0.1) is 39.6 Å². The highest BCUT2D eigenvalue weighted by Gasteiger charge is 2.30. The minimum Gasteiger partial charge on any atom is -0.495 e. The first kappa shape index (κ1) is 21.1. The molecular weight excluding hydrogens is 444 g/mol. The number of methoxy groups -OCH3 is 3. The highest BCUT2D eigenvalue weighted by molar-refractivity contribution is 9.10. The SMILES string of the molecule is COC(=O)c1cn(C2CCCCC2NC(=O)c2cc(OC)c(Br)c(OC)c2)nn1. The van der Waals surface area contributed by atoms with Gasteiger partial charge in [-0.2, -0.15) is 0 Å². The fourth-order valence-corrected chi connectivity index (χ4v) is 4.04. The van der Waals surface area contributed by atoms with Gasteiger partial charge in [-0.1, -0.05) is 18.1 Å². The molecule has 1 aliphatic carbocycles. The van der Waals surface area contributed by atoms with Crippen LogP contribution >= 0.6 is 15.9 Å². The Balaban J connectivity index is 1.81. The largest absolute Gasteiger partial charge is 0.495 e. The van der Waals surface area contributed by atoms with E-state index in [1.165, 1.54) is 21.3 Å². The Morgan fingerprint density at radius 2 is 1.79 bits per heavy atom. The second-order valence-corrected chi connectivity index (χ2v) is 7.49. The summed E-state index contributed by atoms with van der Waals surface area (Å²) < 4.78 is 17.6. The third-order valence-corrected chi connectivity index (χ3v) is 5.78. The van der Waals surface area contributed by atoms with Crippen LogP contribution in [0.2, 0.25) is 0 Å². The van der Waals surface area contributed by atoms with Crippen molar-refractivity contribution < 1.29 is 23.8 Å². The maximum atomic E-state index is 12.9. The Hall–Kier alpha value is -2.62. The topological polar surface area (TPSA) is 105 Å². The van der Waals surface area contributed by atoms with Crippen molar-refractivity contribution >= 4 is 27.8 Å². The Labute approximate surface area is 176 Å². The summed E-state index contributed by atoms with van der Waals surface area (Å²) in [4.78, 5) is 24.6. The fourth-order valence-electron chi connectivity index (χ4n) is 3.49. The maximum Gasteiger partial charge on any atom is 0.360 e. The van der Waals surface area contributed by atoms with Crippen LogP contribution in [-0.2, 0) is 4.74 Å². The van der Waals surface area contributed by atoms with Gasteiger partial charge in [-0.3, -0.25) is 4.79 Å². The van der Waals surface area contributed by atoms with Gasteiger partial charge in [0.2, 0.25) is 0 Å². The number of ether oxygens (including phenoxy) is 3. The Bertz CT molecular complexity index is 875. The molecule has 2 unspecified atom stereocenters. The lowest BCUT2D eigenvalue weighted by Crippen LogP contribution is -2.43. The monoisotopic (exact) mass is 466 g/mol. The summed E-state index contributed by atoms with van der Waals surface area (Å²) in [5, 5.41) is 11.0. The van der Waals surface area contributed by atoms with E-state index in [2.05, 4.69) is 36.3 Å².